The van der Waals surface area contributed by atoms with Crippen LogP contribution < -0.4 is 10.2 Å². The molecule has 1 aliphatic heterocycles. The van der Waals surface area contributed by atoms with E-state index in [1.54, 1.807) is 18.7 Å². The monoisotopic (exact) mass is 442 g/mol. The molecule has 1 aliphatic rings. The largest absolute Gasteiger partial charge is 0.467 e. The molecule has 2 aromatic rings. The zero-order chi connectivity index (χ0) is 15.9. The van der Waals surface area contributed by atoms with Crippen molar-refractivity contribution in [3.05, 3.63) is 42.6 Å². The topological polar surface area (TPSA) is 69.8 Å². The zero-order valence-electron chi connectivity index (χ0n) is 13.8. The molecule has 24 heavy (non-hydrogen) atoms. The minimum absolute atomic E-state index is 0. The van der Waals surface area contributed by atoms with Crippen LogP contribution in [0.1, 0.15) is 12.7 Å². The van der Waals surface area contributed by atoms with Gasteiger partial charge in [0.2, 0.25) is 5.95 Å². The van der Waals surface area contributed by atoms with Gasteiger partial charge in [-0.1, -0.05) is 0 Å². The molecule has 0 saturated carbocycles. The summed E-state index contributed by atoms with van der Waals surface area (Å²) >= 11 is 0. The van der Waals surface area contributed by atoms with E-state index >= 15 is 0 Å². The molecule has 8 heteroatoms. The normalized spacial score (nSPS) is 15.1. The smallest absolute Gasteiger partial charge is 0.225 e. The van der Waals surface area contributed by atoms with E-state index in [4.69, 9.17) is 4.42 Å². The summed E-state index contributed by atoms with van der Waals surface area (Å²) in [6.07, 6.45) is 5.24. The maximum Gasteiger partial charge on any atom is 0.225 e. The van der Waals surface area contributed by atoms with E-state index in [2.05, 4.69) is 37.0 Å². The van der Waals surface area contributed by atoms with E-state index in [-0.39, 0.29) is 24.0 Å². The standard InChI is InChI=1S/C16H22N6O.HI/c1-2-17-15(20-13-14-5-3-12-23-14)21-8-10-22(11-9-21)16-18-6-4-7-19-16;/h3-7,12H,2,8-11,13H2,1H3,(H,17,20);1H. The maximum atomic E-state index is 5.35. The third kappa shape index (κ3) is 4.83. The van der Waals surface area contributed by atoms with Gasteiger partial charge in [0.05, 0.1) is 6.26 Å². The van der Waals surface area contributed by atoms with Crippen molar-refractivity contribution in [2.45, 2.75) is 13.5 Å². The quantitative estimate of drug-likeness (QED) is 0.444. The predicted octanol–water partition coefficient (Wildman–Crippen LogP) is 1.98. The lowest BCUT2D eigenvalue weighted by molar-refractivity contribution is 0.369. The van der Waals surface area contributed by atoms with Crippen LogP contribution in [0, 0.1) is 0 Å². The van der Waals surface area contributed by atoms with Crippen molar-refractivity contribution in [3.63, 3.8) is 0 Å². The molecule has 3 heterocycles. The Kier molecular flexibility index (Phi) is 7.29. The SMILES string of the molecule is CCNC(=NCc1ccco1)N1CCN(c2ncccn2)CC1.I. The fourth-order valence-electron chi connectivity index (χ4n) is 2.55. The van der Waals surface area contributed by atoms with Crippen LogP contribution in [-0.2, 0) is 6.54 Å². The number of guanidine groups is 1. The summed E-state index contributed by atoms with van der Waals surface area (Å²) in [4.78, 5) is 17.8. The highest BCUT2D eigenvalue weighted by Crippen LogP contribution is 2.10. The van der Waals surface area contributed by atoms with Crippen LogP contribution in [0.5, 0.6) is 0 Å². The van der Waals surface area contributed by atoms with Gasteiger partial charge in [0.25, 0.3) is 0 Å². The van der Waals surface area contributed by atoms with Gasteiger partial charge in [0.15, 0.2) is 5.96 Å². The molecule has 1 fully saturated rings. The molecule has 130 valence electrons. The first kappa shape index (κ1) is 18.5. The summed E-state index contributed by atoms with van der Waals surface area (Å²) in [5, 5.41) is 3.35. The molecular formula is C16H23IN6O. The average molecular weight is 442 g/mol. The van der Waals surface area contributed by atoms with Crippen LogP contribution in [0.2, 0.25) is 0 Å². The molecule has 0 atom stereocenters. The Morgan fingerprint density at radius 3 is 2.58 bits per heavy atom. The second kappa shape index (κ2) is 9.45. The zero-order valence-corrected chi connectivity index (χ0v) is 16.1. The predicted molar refractivity (Wildman–Crippen MR) is 105 cm³/mol. The Balaban J connectivity index is 0.00000208. The van der Waals surface area contributed by atoms with E-state index in [9.17, 15) is 0 Å². The van der Waals surface area contributed by atoms with E-state index in [0.29, 0.717) is 6.54 Å². The van der Waals surface area contributed by atoms with Crippen molar-refractivity contribution in [1.29, 1.82) is 0 Å². The van der Waals surface area contributed by atoms with Gasteiger partial charge < -0.3 is 19.5 Å². The average Bonchev–Trinajstić information content (AvgIpc) is 3.13. The summed E-state index contributed by atoms with van der Waals surface area (Å²) in [5.74, 6) is 2.60. The summed E-state index contributed by atoms with van der Waals surface area (Å²) in [6.45, 7) is 7.03. The number of hydrogen-bond donors (Lipinski definition) is 1. The maximum absolute atomic E-state index is 5.35. The number of halogens is 1. The van der Waals surface area contributed by atoms with Crippen molar-refractivity contribution < 1.29 is 4.42 Å². The molecule has 2 aromatic heterocycles. The Labute approximate surface area is 159 Å². The van der Waals surface area contributed by atoms with E-state index < -0.39 is 0 Å². The van der Waals surface area contributed by atoms with Gasteiger partial charge >= 0.3 is 0 Å². The van der Waals surface area contributed by atoms with E-state index in [0.717, 1.165) is 50.4 Å². The molecule has 0 aromatic carbocycles. The van der Waals surface area contributed by atoms with Crippen molar-refractivity contribution in [3.8, 4) is 0 Å². The first-order chi connectivity index (χ1) is 11.4. The van der Waals surface area contributed by atoms with Crippen LogP contribution >= 0.6 is 24.0 Å². The molecule has 0 amide bonds. The molecule has 0 aliphatic carbocycles. The van der Waals surface area contributed by atoms with Gasteiger partial charge in [0.1, 0.15) is 12.3 Å². The van der Waals surface area contributed by atoms with Crippen molar-refractivity contribution >= 4 is 35.9 Å². The van der Waals surface area contributed by atoms with Crippen LogP contribution in [-0.4, -0.2) is 53.6 Å². The summed E-state index contributed by atoms with van der Waals surface area (Å²) in [7, 11) is 0. The number of hydrogen-bond acceptors (Lipinski definition) is 5. The first-order valence-corrected chi connectivity index (χ1v) is 7.94. The number of furan rings is 1. The Morgan fingerprint density at radius 1 is 1.21 bits per heavy atom. The Bertz CT molecular complexity index is 611. The Morgan fingerprint density at radius 2 is 1.96 bits per heavy atom. The number of nitrogens with one attached hydrogen (secondary N) is 1. The number of aromatic nitrogens is 2. The van der Waals surface area contributed by atoms with Crippen molar-refractivity contribution in [1.82, 2.24) is 20.2 Å². The summed E-state index contributed by atoms with van der Waals surface area (Å²) in [6, 6.07) is 5.67. The van der Waals surface area contributed by atoms with Gasteiger partial charge in [-0.2, -0.15) is 0 Å². The molecule has 0 bridgehead atoms. The second-order valence-corrected chi connectivity index (χ2v) is 5.27. The molecule has 3 rings (SSSR count). The molecular weight excluding hydrogens is 419 g/mol. The van der Waals surface area contributed by atoms with E-state index in [1.807, 2.05) is 18.2 Å². The lowest BCUT2D eigenvalue weighted by atomic mass is 10.3. The first-order valence-electron chi connectivity index (χ1n) is 7.94. The molecule has 0 spiro atoms. The fourth-order valence-corrected chi connectivity index (χ4v) is 2.55. The minimum atomic E-state index is 0. The number of anilines is 1. The lowest BCUT2D eigenvalue weighted by Gasteiger charge is -2.36. The van der Waals surface area contributed by atoms with Crippen LogP contribution in [0.4, 0.5) is 5.95 Å². The number of rotatable bonds is 4. The number of nitrogens with zero attached hydrogens (tertiary/aromatic N) is 5. The van der Waals surface area contributed by atoms with Gasteiger partial charge in [-0.15, -0.1) is 24.0 Å². The number of aliphatic imine (C=N–C) groups is 1. The van der Waals surface area contributed by atoms with Crippen LogP contribution in [0.15, 0.2) is 46.3 Å². The highest BCUT2D eigenvalue weighted by Gasteiger charge is 2.21. The minimum Gasteiger partial charge on any atom is -0.467 e. The van der Waals surface area contributed by atoms with E-state index in [1.165, 1.54) is 0 Å². The molecule has 7 nitrogen and oxygen atoms in total. The van der Waals surface area contributed by atoms with Gasteiger partial charge in [-0.25, -0.2) is 15.0 Å². The third-order valence-electron chi connectivity index (χ3n) is 3.71. The summed E-state index contributed by atoms with van der Waals surface area (Å²) < 4.78 is 5.35. The van der Waals surface area contributed by atoms with Gasteiger partial charge in [-0.05, 0) is 25.1 Å². The highest BCUT2D eigenvalue weighted by atomic mass is 127. The summed E-state index contributed by atoms with van der Waals surface area (Å²) in [5.41, 5.74) is 0. The molecule has 0 radical (unpaired) electrons. The van der Waals surface area contributed by atoms with Crippen LogP contribution in [0.3, 0.4) is 0 Å². The lowest BCUT2D eigenvalue weighted by Crippen LogP contribution is -2.52. The van der Waals surface area contributed by atoms with Crippen molar-refractivity contribution in [2.75, 3.05) is 37.6 Å². The van der Waals surface area contributed by atoms with Crippen molar-refractivity contribution in [2.24, 2.45) is 4.99 Å². The molecule has 1 saturated heterocycles. The highest BCUT2D eigenvalue weighted by molar-refractivity contribution is 14.0. The second-order valence-electron chi connectivity index (χ2n) is 5.27. The number of piperazine rings is 1. The third-order valence-corrected chi connectivity index (χ3v) is 3.71. The van der Waals surface area contributed by atoms with Crippen LogP contribution in [0.25, 0.3) is 0 Å². The van der Waals surface area contributed by atoms with Gasteiger partial charge in [0, 0.05) is 45.1 Å². The fraction of sp³-hybridized carbons (Fsp3) is 0.438. The Hall–Kier alpha value is -1.84. The molecule has 1 N–H and O–H groups in total. The molecule has 0 unspecified atom stereocenters. The van der Waals surface area contributed by atoms with Gasteiger partial charge in [-0.3, -0.25) is 0 Å².